The maximum absolute atomic E-state index is 13.9. The second-order valence-corrected chi connectivity index (χ2v) is 4.55. The van der Waals surface area contributed by atoms with Crippen LogP contribution >= 0.6 is 11.6 Å². The van der Waals surface area contributed by atoms with E-state index in [-0.39, 0.29) is 10.8 Å². The lowest BCUT2D eigenvalue weighted by atomic mass is 10.00. The molecule has 0 saturated carbocycles. The minimum atomic E-state index is -0.526. The molecular weight excluding hydrogens is 272 g/mol. The molecule has 5 heteroatoms. The number of halogens is 3. The van der Waals surface area contributed by atoms with E-state index < -0.39 is 17.7 Å². The summed E-state index contributed by atoms with van der Waals surface area (Å²) >= 11 is 5.93. The lowest BCUT2D eigenvalue weighted by Gasteiger charge is -2.18. The van der Waals surface area contributed by atoms with Crippen molar-refractivity contribution in [3.8, 4) is 0 Å². The fraction of sp³-hybridized carbons (Fsp3) is 0.286. The van der Waals surface area contributed by atoms with Gasteiger partial charge in [-0.15, -0.1) is 0 Å². The van der Waals surface area contributed by atoms with Crippen LogP contribution in [0.2, 0.25) is 5.22 Å². The van der Waals surface area contributed by atoms with E-state index in [0.29, 0.717) is 12.1 Å². The first-order valence-corrected chi connectivity index (χ1v) is 6.42. The number of hydrogen-bond donors (Lipinski definition) is 1. The first-order valence-electron chi connectivity index (χ1n) is 6.04. The van der Waals surface area contributed by atoms with Gasteiger partial charge in [-0.05, 0) is 48.8 Å². The summed E-state index contributed by atoms with van der Waals surface area (Å²) < 4.78 is 32.2. The van der Waals surface area contributed by atoms with E-state index in [1.807, 2.05) is 6.92 Å². The normalized spacial score (nSPS) is 12.6. The van der Waals surface area contributed by atoms with Gasteiger partial charge in [0.15, 0.2) is 5.22 Å². The Labute approximate surface area is 115 Å². The molecule has 0 amide bonds. The summed E-state index contributed by atoms with van der Waals surface area (Å²) in [4.78, 5) is 0. The van der Waals surface area contributed by atoms with Gasteiger partial charge in [0.1, 0.15) is 11.6 Å². The molecule has 1 unspecified atom stereocenters. The predicted molar refractivity (Wildman–Crippen MR) is 70.2 cm³/mol. The lowest BCUT2D eigenvalue weighted by molar-refractivity contribution is 0.524. The fourth-order valence-corrected chi connectivity index (χ4v) is 2.15. The van der Waals surface area contributed by atoms with E-state index in [1.165, 1.54) is 12.3 Å². The highest BCUT2D eigenvalue weighted by molar-refractivity contribution is 6.29. The van der Waals surface area contributed by atoms with Crippen molar-refractivity contribution in [1.29, 1.82) is 0 Å². The Morgan fingerprint density at radius 3 is 2.68 bits per heavy atom. The highest BCUT2D eigenvalue weighted by Crippen LogP contribution is 2.31. The van der Waals surface area contributed by atoms with E-state index in [2.05, 4.69) is 5.32 Å². The van der Waals surface area contributed by atoms with Crippen molar-refractivity contribution in [2.24, 2.45) is 0 Å². The van der Waals surface area contributed by atoms with Gasteiger partial charge in [-0.2, -0.15) is 0 Å². The Balaban J connectivity index is 2.42. The molecule has 1 aromatic carbocycles. The maximum atomic E-state index is 13.9. The van der Waals surface area contributed by atoms with Gasteiger partial charge in [0, 0.05) is 11.1 Å². The number of hydrogen-bond acceptors (Lipinski definition) is 2. The number of nitrogens with one attached hydrogen (secondary N) is 1. The maximum Gasteiger partial charge on any atom is 0.198 e. The van der Waals surface area contributed by atoms with Crippen LogP contribution in [0, 0.1) is 11.6 Å². The van der Waals surface area contributed by atoms with Gasteiger partial charge < -0.3 is 9.73 Å². The molecule has 0 aliphatic heterocycles. The van der Waals surface area contributed by atoms with Crippen molar-refractivity contribution in [1.82, 2.24) is 5.32 Å². The van der Waals surface area contributed by atoms with Crippen LogP contribution in [-0.4, -0.2) is 6.54 Å². The molecule has 0 aliphatic rings. The predicted octanol–water partition coefficient (Wildman–Crippen LogP) is 4.30. The first-order chi connectivity index (χ1) is 9.13. The molecule has 0 spiro atoms. The molecule has 0 saturated heterocycles. The molecule has 2 aromatic rings. The minimum Gasteiger partial charge on any atom is -0.453 e. The molecule has 1 N–H and O–H groups in total. The summed E-state index contributed by atoms with van der Waals surface area (Å²) in [5.74, 6) is -0.966. The van der Waals surface area contributed by atoms with Gasteiger partial charge in [0.05, 0.1) is 12.3 Å². The molecule has 1 heterocycles. The van der Waals surface area contributed by atoms with E-state index in [1.54, 1.807) is 6.07 Å². The van der Waals surface area contributed by atoms with E-state index >= 15 is 0 Å². The summed E-state index contributed by atoms with van der Waals surface area (Å²) in [7, 11) is 0. The highest BCUT2D eigenvalue weighted by atomic mass is 35.5. The van der Waals surface area contributed by atoms with E-state index in [0.717, 1.165) is 18.6 Å². The van der Waals surface area contributed by atoms with E-state index in [9.17, 15) is 8.78 Å². The smallest absolute Gasteiger partial charge is 0.198 e. The van der Waals surface area contributed by atoms with Gasteiger partial charge in [0.25, 0.3) is 0 Å². The second-order valence-electron chi connectivity index (χ2n) is 4.20. The SMILES string of the molecule is CCCNC(c1cc(F)ccc1F)c1ccoc1Cl. The number of benzene rings is 1. The largest absolute Gasteiger partial charge is 0.453 e. The van der Waals surface area contributed by atoms with Crippen LogP contribution in [0.25, 0.3) is 0 Å². The zero-order chi connectivity index (χ0) is 13.8. The average Bonchev–Trinajstić information content (AvgIpc) is 2.80. The van der Waals surface area contributed by atoms with Crippen molar-refractivity contribution in [2.45, 2.75) is 19.4 Å². The molecular formula is C14H14ClF2NO. The zero-order valence-corrected chi connectivity index (χ0v) is 11.2. The van der Waals surface area contributed by atoms with E-state index in [4.69, 9.17) is 16.0 Å². The van der Waals surface area contributed by atoms with Crippen LogP contribution in [-0.2, 0) is 0 Å². The third kappa shape index (κ3) is 3.14. The van der Waals surface area contributed by atoms with Gasteiger partial charge >= 0.3 is 0 Å². The lowest BCUT2D eigenvalue weighted by Crippen LogP contribution is -2.24. The molecule has 19 heavy (non-hydrogen) atoms. The van der Waals surface area contributed by atoms with Crippen LogP contribution in [0.15, 0.2) is 34.9 Å². The van der Waals surface area contributed by atoms with Gasteiger partial charge in [0.2, 0.25) is 0 Å². The van der Waals surface area contributed by atoms with Crippen molar-refractivity contribution < 1.29 is 13.2 Å². The third-order valence-electron chi connectivity index (χ3n) is 2.82. The first kappa shape index (κ1) is 14.0. The van der Waals surface area contributed by atoms with Crippen LogP contribution in [0.4, 0.5) is 8.78 Å². The van der Waals surface area contributed by atoms with Crippen LogP contribution in [0.5, 0.6) is 0 Å². The van der Waals surface area contributed by atoms with Crippen molar-refractivity contribution in [3.05, 3.63) is 58.5 Å². The Bertz CT molecular complexity index is 556. The molecule has 2 rings (SSSR count). The van der Waals surface area contributed by atoms with Gasteiger partial charge in [-0.1, -0.05) is 6.92 Å². The summed E-state index contributed by atoms with van der Waals surface area (Å²) in [5.41, 5.74) is 0.816. The minimum absolute atomic E-state index is 0.178. The molecule has 0 radical (unpaired) electrons. The monoisotopic (exact) mass is 285 g/mol. The number of furan rings is 1. The van der Waals surface area contributed by atoms with Crippen LogP contribution < -0.4 is 5.32 Å². The molecule has 1 atom stereocenters. The molecule has 0 bridgehead atoms. The molecule has 0 fully saturated rings. The van der Waals surface area contributed by atoms with Gasteiger partial charge in [-0.25, -0.2) is 8.78 Å². The Morgan fingerprint density at radius 1 is 1.26 bits per heavy atom. The Hall–Kier alpha value is -1.39. The summed E-state index contributed by atoms with van der Waals surface area (Å²) in [5, 5.41) is 3.32. The third-order valence-corrected chi connectivity index (χ3v) is 3.13. The van der Waals surface area contributed by atoms with Crippen molar-refractivity contribution >= 4 is 11.6 Å². The zero-order valence-electron chi connectivity index (χ0n) is 10.4. The summed E-state index contributed by atoms with van der Waals surface area (Å²) in [6.07, 6.45) is 2.29. The molecule has 102 valence electrons. The standard InChI is InChI=1S/C14H14ClF2NO/c1-2-6-18-13(10-5-7-19-14(10)15)11-8-9(16)3-4-12(11)17/h3-5,7-8,13,18H,2,6H2,1H3. The highest BCUT2D eigenvalue weighted by Gasteiger charge is 2.22. The van der Waals surface area contributed by atoms with Crippen LogP contribution in [0.1, 0.15) is 30.5 Å². The van der Waals surface area contributed by atoms with Crippen molar-refractivity contribution in [2.75, 3.05) is 6.54 Å². The number of rotatable bonds is 5. The average molecular weight is 286 g/mol. The summed E-state index contributed by atoms with van der Waals surface area (Å²) in [6.45, 7) is 2.64. The second kappa shape index (κ2) is 6.17. The molecule has 2 nitrogen and oxygen atoms in total. The molecule has 0 aliphatic carbocycles. The quantitative estimate of drug-likeness (QED) is 0.886. The Kier molecular flexibility index (Phi) is 4.56. The Morgan fingerprint density at radius 2 is 2.05 bits per heavy atom. The molecule has 1 aromatic heterocycles. The van der Waals surface area contributed by atoms with Crippen LogP contribution in [0.3, 0.4) is 0 Å². The topological polar surface area (TPSA) is 25.2 Å². The van der Waals surface area contributed by atoms with Crippen molar-refractivity contribution in [3.63, 3.8) is 0 Å². The summed E-state index contributed by atoms with van der Waals surface area (Å²) in [6, 6.07) is 4.50. The van der Waals surface area contributed by atoms with Gasteiger partial charge in [-0.3, -0.25) is 0 Å². The fourth-order valence-electron chi connectivity index (χ4n) is 1.92.